The molecule has 1 atom stereocenters. The Labute approximate surface area is 164 Å². The number of carbonyl (C=O) groups excluding carboxylic acids is 2. The molecule has 3 nitrogen and oxygen atoms in total. The van der Waals surface area contributed by atoms with Gasteiger partial charge in [-0.3, -0.25) is 9.59 Å². The van der Waals surface area contributed by atoms with Crippen molar-refractivity contribution >= 4 is 22.5 Å². The molecule has 0 amide bonds. The number of furan rings is 1. The topological polar surface area (TPSA) is 47.3 Å². The minimum atomic E-state index is -1.32. The SMILES string of the molecule is C#CCC(c1cc2ccccc2o1)C1(CC(=C)C)C(=O)c2ccccc2C1=O. The minimum absolute atomic E-state index is 0.197. The van der Waals surface area contributed by atoms with Gasteiger partial charge >= 0.3 is 0 Å². The molecule has 3 heteroatoms. The molecule has 0 fully saturated rings. The van der Waals surface area contributed by atoms with Gasteiger partial charge in [-0.15, -0.1) is 18.9 Å². The number of para-hydroxylation sites is 1. The summed E-state index contributed by atoms with van der Waals surface area (Å²) in [7, 11) is 0. The van der Waals surface area contributed by atoms with E-state index >= 15 is 0 Å². The van der Waals surface area contributed by atoms with Gasteiger partial charge in [0.25, 0.3) is 0 Å². The van der Waals surface area contributed by atoms with Crippen molar-refractivity contribution in [3.63, 3.8) is 0 Å². The number of hydrogen-bond acceptors (Lipinski definition) is 3. The summed E-state index contributed by atoms with van der Waals surface area (Å²) in [6.45, 7) is 5.82. The Morgan fingerprint density at radius 2 is 1.71 bits per heavy atom. The quantitative estimate of drug-likeness (QED) is 0.336. The molecule has 2 aromatic carbocycles. The number of fused-ring (bicyclic) bond motifs is 2. The first kappa shape index (κ1) is 18.0. The number of terminal acetylenes is 1. The molecule has 0 aliphatic heterocycles. The molecule has 138 valence electrons. The number of ketones is 2. The third-order valence-electron chi connectivity index (χ3n) is 5.51. The third-order valence-corrected chi connectivity index (χ3v) is 5.51. The lowest BCUT2D eigenvalue weighted by atomic mass is 9.65. The maximum absolute atomic E-state index is 13.6. The van der Waals surface area contributed by atoms with E-state index in [1.807, 2.05) is 37.3 Å². The predicted molar refractivity (Wildman–Crippen MR) is 109 cm³/mol. The molecule has 0 saturated heterocycles. The van der Waals surface area contributed by atoms with Crippen LogP contribution in [-0.4, -0.2) is 11.6 Å². The van der Waals surface area contributed by atoms with Gasteiger partial charge in [-0.2, -0.15) is 0 Å². The Morgan fingerprint density at radius 1 is 1.11 bits per heavy atom. The normalized spacial score (nSPS) is 16.0. The predicted octanol–water partition coefficient (Wildman–Crippen LogP) is 5.57. The lowest BCUT2D eigenvalue weighted by Crippen LogP contribution is -2.40. The van der Waals surface area contributed by atoms with Crippen LogP contribution in [-0.2, 0) is 0 Å². The maximum Gasteiger partial charge on any atom is 0.178 e. The second-order valence-corrected chi connectivity index (χ2v) is 7.46. The summed E-state index contributed by atoms with van der Waals surface area (Å²) in [5.74, 6) is 2.27. The van der Waals surface area contributed by atoms with Gasteiger partial charge in [0.2, 0.25) is 0 Å². The first-order chi connectivity index (χ1) is 13.5. The van der Waals surface area contributed by atoms with E-state index in [4.69, 9.17) is 10.8 Å². The zero-order valence-electron chi connectivity index (χ0n) is 15.7. The molecular weight excluding hydrogens is 348 g/mol. The fourth-order valence-electron chi connectivity index (χ4n) is 4.35. The van der Waals surface area contributed by atoms with Crippen molar-refractivity contribution in [3.8, 4) is 12.3 Å². The number of rotatable bonds is 5. The van der Waals surface area contributed by atoms with Crippen molar-refractivity contribution in [2.24, 2.45) is 5.41 Å². The highest BCUT2D eigenvalue weighted by Crippen LogP contribution is 2.52. The summed E-state index contributed by atoms with van der Waals surface area (Å²) in [6, 6.07) is 16.5. The standard InChI is InChI=1S/C25H20O3/c1-4-9-20(22-14-17-10-5-8-13-21(17)28-22)25(15-16(2)3)23(26)18-11-6-7-12-19(18)24(25)27/h1,5-8,10-14,20H,2,9,15H2,3H3. The number of hydrogen-bond donors (Lipinski definition) is 0. The van der Waals surface area contributed by atoms with Crippen LogP contribution in [0.15, 0.2) is 71.2 Å². The van der Waals surface area contributed by atoms with Gasteiger partial charge in [-0.1, -0.05) is 48.0 Å². The van der Waals surface area contributed by atoms with Gasteiger partial charge in [-0.05, 0) is 25.5 Å². The van der Waals surface area contributed by atoms with Gasteiger partial charge in [0.05, 0.1) is 0 Å². The molecule has 1 heterocycles. The Balaban J connectivity index is 1.95. The van der Waals surface area contributed by atoms with Crippen LogP contribution in [0.1, 0.15) is 52.2 Å². The van der Waals surface area contributed by atoms with Crippen LogP contribution in [0, 0.1) is 17.8 Å². The van der Waals surface area contributed by atoms with Crippen molar-refractivity contribution in [2.75, 3.05) is 0 Å². The first-order valence-corrected chi connectivity index (χ1v) is 9.24. The van der Waals surface area contributed by atoms with Gasteiger partial charge in [0, 0.05) is 28.9 Å². The van der Waals surface area contributed by atoms with E-state index in [0.29, 0.717) is 22.5 Å². The van der Waals surface area contributed by atoms with E-state index < -0.39 is 11.3 Å². The number of carbonyl (C=O) groups is 2. The highest BCUT2D eigenvalue weighted by Gasteiger charge is 2.58. The van der Waals surface area contributed by atoms with Crippen molar-refractivity contribution in [2.45, 2.75) is 25.7 Å². The van der Waals surface area contributed by atoms with E-state index in [1.54, 1.807) is 24.3 Å². The van der Waals surface area contributed by atoms with Crippen LogP contribution in [0.3, 0.4) is 0 Å². The van der Waals surface area contributed by atoms with Crippen molar-refractivity contribution in [1.82, 2.24) is 0 Å². The summed E-state index contributed by atoms with van der Waals surface area (Å²) >= 11 is 0. The molecule has 1 aromatic heterocycles. The summed E-state index contributed by atoms with van der Waals surface area (Å²) < 4.78 is 6.07. The van der Waals surface area contributed by atoms with Crippen LogP contribution < -0.4 is 0 Å². The van der Waals surface area contributed by atoms with Crippen LogP contribution >= 0.6 is 0 Å². The molecule has 3 aromatic rings. The highest BCUT2D eigenvalue weighted by atomic mass is 16.3. The molecule has 28 heavy (non-hydrogen) atoms. The second kappa shape index (κ2) is 6.65. The zero-order valence-corrected chi connectivity index (χ0v) is 15.7. The molecule has 0 radical (unpaired) electrons. The summed E-state index contributed by atoms with van der Waals surface area (Å²) in [6.07, 6.45) is 6.14. The third kappa shape index (κ3) is 2.53. The molecule has 0 spiro atoms. The Kier molecular flexibility index (Phi) is 4.28. The molecule has 0 N–H and O–H groups in total. The van der Waals surface area contributed by atoms with Crippen molar-refractivity contribution in [1.29, 1.82) is 0 Å². The lowest BCUT2D eigenvalue weighted by Gasteiger charge is -2.33. The fraction of sp³-hybridized carbons (Fsp3) is 0.200. The van der Waals surface area contributed by atoms with E-state index in [9.17, 15) is 9.59 Å². The van der Waals surface area contributed by atoms with Gasteiger partial charge < -0.3 is 4.42 Å². The molecular formula is C25H20O3. The van der Waals surface area contributed by atoms with Gasteiger partial charge in [-0.25, -0.2) is 0 Å². The molecule has 1 aliphatic carbocycles. The van der Waals surface area contributed by atoms with Crippen LogP contribution in [0.4, 0.5) is 0 Å². The highest BCUT2D eigenvalue weighted by molar-refractivity contribution is 6.30. The summed E-state index contributed by atoms with van der Waals surface area (Å²) in [5, 5.41) is 0.917. The Bertz CT molecular complexity index is 1090. The van der Waals surface area contributed by atoms with Crippen LogP contribution in [0.25, 0.3) is 11.0 Å². The lowest BCUT2D eigenvalue weighted by molar-refractivity contribution is 0.0635. The molecule has 1 unspecified atom stereocenters. The van der Waals surface area contributed by atoms with Crippen molar-refractivity contribution in [3.05, 3.63) is 83.6 Å². The molecule has 4 rings (SSSR count). The zero-order chi connectivity index (χ0) is 19.9. The van der Waals surface area contributed by atoms with E-state index in [1.165, 1.54) is 0 Å². The van der Waals surface area contributed by atoms with Crippen molar-refractivity contribution < 1.29 is 14.0 Å². The first-order valence-electron chi connectivity index (χ1n) is 9.24. The summed E-state index contributed by atoms with van der Waals surface area (Å²) in [5.41, 5.74) is 1.04. The van der Waals surface area contributed by atoms with Gasteiger partial charge in [0.1, 0.15) is 16.8 Å². The number of Topliss-reactive ketones (excluding diaryl/α,β-unsaturated/α-hetero) is 2. The average molecular weight is 368 g/mol. The van der Waals surface area contributed by atoms with Crippen LogP contribution in [0.2, 0.25) is 0 Å². The Morgan fingerprint density at radius 3 is 2.29 bits per heavy atom. The van der Waals surface area contributed by atoms with E-state index in [-0.39, 0.29) is 24.4 Å². The molecule has 0 bridgehead atoms. The monoisotopic (exact) mass is 368 g/mol. The van der Waals surface area contributed by atoms with Crippen LogP contribution in [0.5, 0.6) is 0 Å². The maximum atomic E-state index is 13.6. The van der Waals surface area contributed by atoms with E-state index in [2.05, 4.69) is 12.5 Å². The summed E-state index contributed by atoms with van der Waals surface area (Å²) in [4.78, 5) is 27.2. The largest absolute Gasteiger partial charge is 0.461 e. The number of benzene rings is 2. The van der Waals surface area contributed by atoms with Gasteiger partial charge in [0.15, 0.2) is 11.6 Å². The smallest absolute Gasteiger partial charge is 0.178 e. The fourth-order valence-corrected chi connectivity index (χ4v) is 4.35. The second-order valence-electron chi connectivity index (χ2n) is 7.46. The average Bonchev–Trinajstić information content (AvgIpc) is 3.20. The molecule has 1 aliphatic rings. The number of allylic oxidation sites excluding steroid dienone is 1. The Hall–Kier alpha value is -3.38. The molecule has 0 saturated carbocycles. The van der Waals surface area contributed by atoms with E-state index in [0.717, 1.165) is 11.0 Å². The minimum Gasteiger partial charge on any atom is -0.461 e.